The van der Waals surface area contributed by atoms with Crippen molar-refractivity contribution in [3.63, 3.8) is 0 Å². The van der Waals surface area contributed by atoms with Gasteiger partial charge in [-0.1, -0.05) is 77.6 Å². The number of hydrogen-bond acceptors (Lipinski definition) is 7. The molecule has 0 aromatic heterocycles. The van der Waals surface area contributed by atoms with Crippen molar-refractivity contribution < 1.29 is 48.7 Å². The molecule has 0 bridgehead atoms. The van der Waals surface area contributed by atoms with Crippen LogP contribution in [0, 0.1) is 0 Å². The van der Waals surface area contributed by atoms with E-state index < -0.39 is 60.4 Å². The molecule has 37 heavy (non-hydrogen) atoms. The number of ether oxygens (including phenoxy) is 3. The second-order valence-electron chi connectivity index (χ2n) is 10.1. The van der Waals surface area contributed by atoms with Crippen LogP contribution in [0.1, 0.15) is 103 Å². The van der Waals surface area contributed by atoms with Crippen molar-refractivity contribution in [1.29, 1.82) is 0 Å². The highest BCUT2D eigenvalue weighted by atomic mass is 16.8. The van der Waals surface area contributed by atoms with Gasteiger partial charge in [0.2, 0.25) is 17.8 Å². The second kappa shape index (κ2) is 15.2. The van der Waals surface area contributed by atoms with E-state index in [0.717, 1.165) is 25.7 Å². The summed E-state index contributed by atoms with van der Waals surface area (Å²) < 4.78 is 16.3. The molecule has 0 saturated carbocycles. The number of aliphatic carboxylic acids is 3. The number of hydrogen-bond donors (Lipinski definition) is 4. The Bertz CT molecular complexity index is 774. The Morgan fingerprint density at radius 1 is 0.811 bits per heavy atom. The Morgan fingerprint density at radius 3 is 1.86 bits per heavy atom. The molecule has 2 rings (SSSR count). The fourth-order valence-electron chi connectivity index (χ4n) is 4.86. The molecule has 2 unspecified atom stereocenters. The predicted octanol–water partition coefficient (Wildman–Crippen LogP) is 3.48. The van der Waals surface area contributed by atoms with Gasteiger partial charge in [0.25, 0.3) is 0 Å². The molecule has 212 valence electrons. The Morgan fingerprint density at radius 2 is 1.38 bits per heavy atom. The van der Waals surface area contributed by atoms with Crippen molar-refractivity contribution in [1.82, 2.24) is 5.32 Å². The quantitative estimate of drug-likeness (QED) is 0.193. The SMILES string of the molecule is CCCCCCCCCCCCCCNC(=O)CC1(C(=O)O)CO[C@@]2(CC[C@H](C(=O)O)O2)C(C(=O)O)O1. The molecule has 4 atom stereocenters. The van der Waals surface area contributed by atoms with Crippen LogP contribution in [-0.2, 0) is 33.4 Å². The van der Waals surface area contributed by atoms with Gasteiger partial charge < -0.3 is 34.8 Å². The molecule has 11 nitrogen and oxygen atoms in total. The zero-order valence-corrected chi connectivity index (χ0v) is 21.9. The Hall–Kier alpha value is -2.24. The monoisotopic (exact) mass is 529 g/mol. The van der Waals surface area contributed by atoms with Crippen molar-refractivity contribution in [2.45, 2.75) is 127 Å². The topological polar surface area (TPSA) is 169 Å². The average Bonchev–Trinajstić information content (AvgIpc) is 3.28. The van der Waals surface area contributed by atoms with Gasteiger partial charge in [-0.2, -0.15) is 0 Å². The Labute approximate surface area is 218 Å². The third-order valence-corrected chi connectivity index (χ3v) is 7.08. The maximum atomic E-state index is 12.5. The summed E-state index contributed by atoms with van der Waals surface area (Å²) in [6, 6.07) is 0. The Balaban J connectivity index is 1.71. The minimum atomic E-state index is -2.22. The summed E-state index contributed by atoms with van der Waals surface area (Å²) in [5.74, 6) is -6.89. The molecule has 0 aromatic rings. The van der Waals surface area contributed by atoms with Crippen molar-refractivity contribution in [3.05, 3.63) is 0 Å². The van der Waals surface area contributed by atoms with Crippen LogP contribution in [0.2, 0.25) is 0 Å². The smallest absolute Gasteiger partial charge is 0.339 e. The van der Waals surface area contributed by atoms with E-state index in [2.05, 4.69) is 12.2 Å². The number of carbonyl (C=O) groups is 4. The van der Waals surface area contributed by atoms with E-state index in [1.165, 1.54) is 51.4 Å². The summed E-state index contributed by atoms with van der Waals surface area (Å²) >= 11 is 0. The fourth-order valence-corrected chi connectivity index (χ4v) is 4.86. The van der Waals surface area contributed by atoms with E-state index in [4.69, 9.17) is 19.3 Å². The van der Waals surface area contributed by atoms with Gasteiger partial charge in [0, 0.05) is 13.0 Å². The van der Waals surface area contributed by atoms with Crippen LogP contribution in [0.3, 0.4) is 0 Å². The standard InChI is InChI=1S/C26H43NO10/c1-2-3-4-5-6-7-8-9-10-11-12-13-16-27-20(28)17-25(24(33)34)18-35-26(21(37-25)23(31)32)15-14-19(36-26)22(29)30/h19,21H,2-18H2,1H3,(H,27,28)(H,29,30)(H,31,32)(H,33,34)/t19-,21?,25?,26-/m1/s1. The molecule has 0 aliphatic carbocycles. The summed E-state index contributed by atoms with van der Waals surface area (Å²) in [6.07, 6.45) is 10.3. The maximum Gasteiger partial charge on any atom is 0.339 e. The lowest BCUT2D eigenvalue weighted by Crippen LogP contribution is -2.65. The van der Waals surface area contributed by atoms with E-state index in [1.807, 2.05) is 0 Å². The molecule has 2 aliphatic rings. The van der Waals surface area contributed by atoms with Crippen molar-refractivity contribution in [2.24, 2.45) is 0 Å². The van der Waals surface area contributed by atoms with E-state index >= 15 is 0 Å². The summed E-state index contributed by atoms with van der Waals surface area (Å²) in [6.45, 7) is 1.95. The molecule has 11 heteroatoms. The summed E-state index contributed by atoms with van der Waals surface area (Å²) in [5.41, 5.74) is -2.22. The van der Waals surface area contributed by atoms with Gasteiger partial charge in [0.05, 0.1) is 13.0 Å². The van der Waals surface area contributed by atoms with Crippen molar-refractivity contribution >= 4 is 23.8 Å². The molecule has 0 aromatic carbocycles. The minimum Gasteiger partial charge on any atom is -0.479 e. The van der Waals surface area contributed by atoms with Crippen molar-refractivity contribution in [3.8, 4) is 0 Å². The van der Waals surface area contributed by atoms with Gasteiger partial charge in [0.15, 0.2) is 11.7 Å². The number of carbonyl (C=O) groups excluding carboxylic acids is 1. The Kier molecular flexibility index (Phi) is 12.8. The highest BCUT2D eigenvalue weighted by Crippen LogP contribution is 2.42. The number of amides is 1. The lowest BCUT2D eigenvalue weighted by Gasteiger charge is -2.45. The zero-order chi connectivity index (χ0) is 27.3. The van der Waals surface area contributed by atoms with Crippen LogP contribution in [0.4, 0.5) is 0 Å². The van der Waals surface area contributed by atoms with E-state index in [-0.39, 0.29) is 12.8 Å². The summed E-state index contributed by atoms with van der Waals surface area (Å²) in [5, 5.41) is 31.3. The van der Waals surface area contributed by atoms with Gasteiger partial charge in [-0.3, -0.25) is 4.79 Å². The van der Waals surface area contributed by atoms with Crippen LogP contribution in [0.5, 0.6) is 0 Å². The molecule has 2 saturated heterocycles. The van der Waals surface area contributed by atoms with Gasteiger partial charge in [0.1, 0.15) is 0 Å². The molecule has 2 fully saturated rings. The fraction of sp³-hybridized carbons (Fsp3) is 0.846. The molecular weight excluding hydrogens is 486 g/mol. The lowest BCUT2D eigenvalue weighted by atomic mass is 9.94. The average molecular weight is 530 g/mol. The zero-order valence-electron chi connectivity index (χ0n) is 21.9. The number of carboxylic acids is 3. The summed E-state index contributed by atoms with van der Waals surface area (Å²) in [4.78, 5) is 47.6. The van der Waals surface area contributed by atoms with Crippen LogP contribution in [0.15, 0.2) is 0 Å². The van der Waals surface area contributed by atoms with Crippen LogP contribution < -0.4 is 5.32 Å². The molecule has 0 radical (unpaired) electrons. The first-order chi connectivity index (χ1) is 17.7. The van der Waals surface area contributed by atoms with Crippen molar-refractivity contribution in [2.75, 3.05) is 13.2 Å². The maximum absolute atomic E-state index is 12.5. The van der Waals surface area contributed by atoms with Gasteiger partial charge >= 0.3 is 17.9 Å². The highest BCUT2D eigenvalue weighted by Gasteiger charge is 2.62. The van der Waals surface area contributed by atoms with Gasteiger partial charge in [-0.05, 0) is 12.8 Å². The molecule has 2 heterocycles. The van der Waals surface area contributed by atoms with E-state index in [1.54, 1.807) is 0 Å². The molecule has 1 spiro atoms. The molecule has 4 N–H and O–H groups in total. The number of nitrogens with one attached hydrogen (secondary N) is 1. The molecular formula is C26H43NO10. The minimum absolute atomic E-state index is 0.0118. The highest BCUT2D eigenvalue weighted by molar-refractivity contribution is 5.88. The van der Waals surface area contributed by atoms with E-state index in [0.29, 0.717) is 6.54 Å². The largest absolute Gasteiger partial charge is 0.479 e. The third-order valence-electron chi connectivity index (χ3n) is 7.08. The van der Waals surface area contributed by atoms with Crippen LogP contribution in [0.25, 0.3) is 0 Å². The first kappa shape index (κ1) is 31.0. The van der Waals surface area contributed by atoms with Gasteiger partial charge in [-0.25, -0.2) is 14.4 Å². The lowest BCUT2D eigenvalue weighted by molar-refractivity contribution is -0.344. The van der Waals surface area contributed by atoms with Crippen LogP contribution >= 0.6 is 0 Å². The first-order valence-electron chi connectivity index (χ1n) is 13.6. The normalized spacial score (nSPS) is 27.3. The number of carboxylic acid groups (broad SMARTS) is 3. The summed E-state index contributed by atoms with van der Waals surface area (Å²) in [7, 11) is 0. The number of rotatable bonds is 18. The second-order valence-corrected chi connectivity index (χ2v) is 10.1. The van der Waals surface area contributed by atoms with Gasteiger partial charge in [-0.15, -0.1) is 0 Å². The van der Waals surface area contributed by atoms with Crippen LogP contribution in [-0.4, -0.2) is 75.9 Å². The number of unbranched alkanes of at least 4 members (excludes halogenated alkanes) is 11. The third kappa shape index (κ3) is 9.22. The van der Waals surface area contributed by atoms with E-state index in [9.17, 15) is 29.4 Å². The first-order valence-corrected chi connectivity index (χ1v) is 13.6. The molecule has 1 amide bonds. The molecule has 2 aliphatic heterocycles. The predicted molar refractivity (Wildman–Crippen MR) is 132 cm³/mol.